The van der Waals surface area contributed by atoms with E-state index in [-0.39, 0.29) is 22.8 Å². The smallest absolute Gasteiger partial charge is 0.322 e. The van der Waals surface area contributed by atoms with Crippen LogP contribution in [0.1, 0.15) is 21.7 Å². The maximum Gasteiger partial charge on any atom is 0.322 e. The lowest BCUT2D eigenvalue weighted by Crippen LogP contribution is -2.17. The Morgan fingerprint density at radius 2 is 2.16 bits per heavy atom. The van der Waals surface area contributed by atoms with E-state index in [1.54, 1.807) is 24.3 Å². The molecule has 0 bridgehead atoms. The number of benzene rings is 1. The summed E-state index contributed by atoms with van der Waals surface area (Å²) in [5, 5.41) is 26.4. The minimum atomic E-state index is -0.895. The van der Waals surface area contributed by atoms with Crippen LogP contribution in [0.5, 0.6) is 0 Å². The third-order valence-corrected chi connectivity index (χ3v) is 4.26. The number of carboxylic acids is 1. The highest BCUT2D eigenvalue weighted by molar-refractivity contribution is 7.99. The number of rotatable bonds is 7. The second kappa shape index (κ2) is 7.79. The Kier molecular flexibility index (Phi) is 5.75. The van der Waals surface area contributed by atoms with Crippen molar-refractivity contribution in [3.8, 4) is 0 Å². The van der Waals surface area contributed by atoms with Crippen molar-refractivity contribution in [3.63, 3.8) is 0 Å². The first-order valence-corrected chi connectivity index (χ1v) is 8.33. The zero-order valence-electron chi connectivity index (χ0n) is 13.6. The molecule has 0 fully saturated rings. The number of thioether (sulfide) groups is 1. The van der Waals surface area contributed by atoms with E-state index in [1.807, 2.05) is 0 Å². The van der Waals surface area contributed by atoms with Gasteiger partial charge in [0.2, 0.25) is 5.69 Å². The Balaban J connectivity index is 2.16. The fourth-order valence-corrected chi connectivity index (χ4v) is 3.00. The molecule has 1 amide bonds. The molecule has 0 atom stereocenters. The highest BCUT2D eigenvalue weighted by Crippen LogP contribution is 2.24. The number of nitro groups is 1. The number of nitrogens with zero attached hydrogens (tertiary/aromatic N) is 3. The number of aliphatic carboxylic acids is 1. The Labute approximate surface area is 147 Å². The number of aryl methyl sites for hydroxylation is 2. The molecule has 0 aliphatic rings. The predicted octanol–water partition coefficient (Wildman–Crippen LogP) is 2.21. The molecule has 0 unspecified atom stereocenters. The van der Waals surface area contributed by atoms with Gasteiger partial charge in [-0.15, -0.1) is 11.8 Å². The molecule has 2 N–H and O–H groups in total. The van der Waals surface area contributed by atoms with Crippen LogP contribution in [-0.4, -0.2) is 37.4 Å². The molecule has 0 aliphatic carbocycles. The maximum atomic E-state index is 12.4. The predicted molar refractivity (Wildman–Crippen MR) is 92.8 cm³/mol. The van der Waals surface area contributed by atoms with E-state index in [9.17, 15) is 19.7 Å². The summed E-state index contributed by atoms with van der Waals surface area (Å²) in [4.78, 5) is 33.5. The zero-order valence-corrected chi connectivity index (χ0v) is 14.4. The maximum absolute atomic E-state index is 12.4. The first kappa shape index (κ1) is 18.5. The number of carbonyl (C=O) groups is 2. The lowest BCUT2D eigenvalue weighted by atomic mass is 10.2. The quantitative estimate of drug-likeness (QED) is 0.569. The van der Waals surface area contributed by atoms with E-state index >= 15 is 0 Å². The summed E-state index contributed by atoms with van der Waals surface area (Å²) in [6.07, 6.45) is 0. The Hall–Kier alpha value is -2.88. The molecule has 0 aliphatic heterocycles. The van der Waals surface area contributed by atoms with Crippen molar-refractivity contribution in [1.82, 2.24) is 9.78 Å². The number of carbonyl (C=O) groups excluding carboxylic acids is 1. The van der Waals surface area contributed by atoms with Crippen molar-refractivity contribution in [2.24, 2.45) is 7.05 Å². The van der Waals surface area contributed by atoms with Crippen LogP contribution in [0.4, 0.5) is 11.4 Å². The van der Waals surface area contributed by atoms with Crippen LogP contribution < -0.4 is 5.32 Å². The molecule has 1 aromatic carbocycles. The average molecular weight is 364 g/mol. The normalized spacial score (nSPS) is 10.5. The second-order valence-electron chi connectivity index (χ2n) is 5.20. The molecule has 1 aromatic heterocycles. The Morgan fingerprint density at radius 1 is 1.44 bits per heavy atom. The lowest BCUT2D eigenvalue weighted by molar-refractivity contribution is -0.385. The molecule has 132 valence electrons. The van der Waals surface area contributed by atoms with Crippen LogP contribution in [0.3, 0.4) is 0 Å². The number of amides is 1. The fraction of sp³-hybridized carbons (Fsp3) is 0.267. The van der Waals surface area contributed by atoms with Crippen LogP contribution in [0.2, 0.25) is 0 Å². The molecule has 0 spiro atoms. The van der Waals surface area contributed by atoms with Gasteiger partial charge in [-0.05, 0) is 24.6 Å². The van der Waals surface area contributed by atoms with Crippen LogP contribution >= 0.6 is 11.8 Å². The largest absolute Gasteiger partial charge is 0.481 e. The summed E-state index contributed by atoms with van der Waals surface area (Å²) in [5.74, 6) is -1.07. The number of hydrogen-bond acceptors (Lipinski definition) is 6. The highest BCUT2D eigenvalue weighted by atomic mass is 32.2. The Morgan fingerprint density at radius 3 is 2.80 bits per heavy atom. The van der Waals surface area contributed by atoms with Gasteiger partial charge < -0.3 is 10.4 Å². The molecule has 1 heterocycles. The first-order chi connectivity index (χ1) is 11.8. The van der Waals surface area contributed by atoms with Gasteiger partial charge in [0.05, 0.1) is 10.7 Å². The van der Waals surface area contributed by atoms with Crippen LogP contribution in [0.15, 0.2) is 24.3 Å². The molecule has 2 aromatic rings. The Bertz CT molecular complexity index is 833. The van der Waals surface area contributed by atoms with E-state index in [1.165, 1.54) is 30.4 Å². The molecule has 0 saturated carbocycles. The van der Waals surface area contributed by atoms with E-state index in [4.69, 9.17) is 5.11 Å². The monoisotopic (exact) mass is 364 g/mol. The van der Waals surface area contributed by atoms with Crippen molar-refractivity contribution in [3.05, 3.63) is 51.3 Å². The fourth-order valence-electron chi connectivity index (χ4n) is 2.31. The third kappa shape index (κ3) is 4.57. The van der Waals surface area contributed by atoms with Crippen LogP contribution in [0.25, 0.3) is 0 Å². The van der Waals surface area contributed by atoms with Crippen molar-refractivity contribution in [1.29, 1.82) is 0 Å². The van der Waals surface area contributed by atoms with Gasteiger partial charge >= 0.3 is 11.7 Å². The molecule has 9 nitrogen and oxygen atoms in total. The van der Waals surface area contributed by atoms with E-state index in [0.717, 1.165) is 5.56 Å². The van der Waals surface area contributed by atoms with Gasteiger partial charge in [0.15, 0.2) is 0 Å². The summed E-state index contributed by atoms with van der Waals surface area (Å²) in [6.45, 7) is 1.47. The molecule has 25 heavy (non-hydrogen) atoms. The molecule has 2 rings (SSSR count). The van der Waals surface area contributed by atoms with Crippen LogP contribution in [0, 0.1) is 17.0 Å². The third-order valence-electron chi connectivity index (χ3n) is 3.27. The summed E-state index contributed by atoms with van der Waals surface area (Å²) in [7, 11) is 1.47. The first-order valence-electron chi connectivity index (χ1n) is 7.17. The molecule has 0 saturated heterocycles. The van der Waals surface area contributed by atoms with Crippen LogP contribution in [-0.2, 0) is 17.6 Å². The summed E-state index contributed by atoms with van der Waals surface area (Å²) < 4.78 is 1.18. The van der Waals surface area contributed by atoms with Gasteiger partial charge in [0, 0.05) is 18.5 Å². The highest BCUT2D eigenvalue weighted by Gasteiger charge is 2.29. The van der Waals surface area contributed by atoms with Gasteiger partial charge in [-0.1, -0.05) is 12.1 Å². The van der Waals surface area contributed by atoms with Crippen molar-refractivity contribution >= 4 is 35.0 Å². The molecular formula is C15H16N4O5S. The van der Waals surface area contributed by atoms with Crippen molar-refractivity contribution < 1.29 is 19.6 Å². The lowest BCUT2D eigenvalue weighted by Gasteiger charge is -2.07. The average Bonchev–Trinajstić information content (AvgIpc) is 2.82. The molecule has 0 radical (unpaired) electrons. The SMILES string of the molecule is Cc1nn(C)c(C(=O)Nc2cccc(CSCC(=O)O)c2)c1[N+](=O)[O-]. The summed E-state index contributed by atoms with van der Waals surface area (Å²) in [6, 6.07) is 6.87. The summed E-state index contributed by atoms with van der Waals surface area (Å²) >= 11 is 1.23. The van der Waals surface area contributed by atoms with Gasteiger partial charge in [0.25, 0.3) is 5.91 Å². The van der Waals surface area contributed by atoms with Gasteiger partial charge in [0.1, 0.15) is 5.69 Å². The van der Waals surface area contributed by atoms with Crippen molar-refractivity contribution in [2.75, 3.05) is 11.1 Å². The van der Waals surface area contributed by atoms with E-state index in [2.05, 4.69) is 10.4 Å². The number of nitrogens with one attached hydrogen (secondary N) is 1. The van der Waals surface area contributed by atoms with Gasteiger partial charge in [-0.2, -0.15) is 5.10 Å². The van der Waals surface area contributed by atoms with Gasteiger partial charge in [-0.25, -0.2) is 0 Å². The van der Waals surface area contributed by atoms with E-state index in [0.29, 0.717) is 11.4 Å². The minimum Gasteiger partial charge on any atom is -0.481 e. The number of hydrogen-bond donors (Lipinski definition) is 2. The topological polar surface area (TPSA) is 127 Å². The minimum absolute atomic E-state index is 0.0168. The number of anilines is 1. The number of carboxylic acid groups (broad SMARTS) is 1. The number of aromatic nitrogens is 2. The zero-order chi connectivity index (χ0) is 18.6. The van der Waals surface area contributed by atoms with Gasteiger partial charge in [-0.3, -0.25) is 24.4 Å². The standard InChI is InChI=1S/C15H16N4O5S/c1-9-13(19(23)24)14(18(2)17-9)15(22)16-11-5-3-4-10(6-11)7-25-8-12(20)21/h3-6H,7-8H2,1-2H3,(H,16,22)(H,20,21). The molecular weight excluding hydrogens is 348 g/mol. The van der Waals surface area contributed by atoms with Crippen molar-refractivity contribution in [2.45, 2.75) is 12.7 Å². The van der Waals surface area contributed by atoms with E-state index < -0.39 is 16.8 Å². The second-order valence-corrected chi connectivity index (χ2v) is 6.19. The summed E-state index contributed by atoms with van der Waals surface area (Å²) in [5.41, 5.74) is 1.00. The molecule has 10 heteroatoms.